The van der Waals surface area contributed by atoms with Crippen LogP contribution in [-0.4, -0.2) is 21.1 Å². The minimum Gasteiger partial charge on any atom is -0.305 e. The van der Waals surface area contributed by atoms with E-state index in [4.69, 9.17) is 0 Å². The second-order valence-corrected chi connectivity index (χ2v) is 7.71. The summed E-state index contributed by atoms with van der Waals surface area (Å²) in [5.41, 5.74) is 1.50. The third-order valence-corrected chi connectivity index (χ3v) is 5.06. The molecule has 5 nitrogen and oxygen atoms in total. The molecule has 0 aliphatic carbocycles. The predicted molar refractivity (Wildman–Crippen MR) is 103 cm³/mol. The van der Waals surface area contributed by atoms with Crippen molar-refractivity contribution in [3.8, 4) is 0 Å². The second-order valence-electron chi connectivity index (χ2n) is 5.73. The fraction of sp³-hybridized carbons (Fsp3) is 0.167. The van der Waals surface area contributed by atoms with Crippen molar-refractivity contribution in [2.24, 2.45) is 0 Å². The Labute approximate surface area is 158 Å². The molecule has 0 unspecified atom stereocenters. The summed E-state index contributed by atoms with van der Waals surface area (Å²) in [4.78, 5) is 18.0. The van der Waals surface area contributed by atoms with Gasteiger partial charge in [0.05, 0.1) is 5.56 Å². The average molecular weight is 417 g/mol. The van der Waals surface area contributed by atoms with Crippen LogP contribution in [0.1, 0.15) is 35.8 Å². The summed E-state index contributed by atoms with van der Waals surface area (Å²) in [7, 11) is 0. The van der Waals surface area contributed by atoms with Gasteiger partial charge < -0.3 is 5.32 Å². The van der Waals surface area contributed by atoms with E-state index in [0.29, 0.717) is 22.3 Å². The highest BCUT2D eigenvalue weighted by molar-refractivity contribution is 9.10. The van der Waals surface area contributed by atoms with Crippen LogP contribution in [0.4, 0.5) is 5.82 Å². The molecule has 3 aromatic rings. The number of amides is 1. The van der Waals surface area contributed by atoms with Crippen molar-refractivity contribution in [3.63, 3.8) is 0 Å². The summed E-state index contributed by atoms with van der Waals surface area (Å²) >= 11 is 4.87. The number of hydrogen-bond donors (Lipinski definition) is 2. The lowest BCUT2D eigenvalue weighted by molar-refractivity contribution is 0.102. The van der Waals surface area contributed by atoms with Crippen LogP contribution in [0, 0.1) is 0 Å². The van der Waals surface area contributed by atoms with E-state index < -0.39 is 0 Å². The molecule has 0 bridgehead atoms. The molecule has 25 heavy (non-hydrogen) atoms. The molecule has 2 heterocycles. The zero-order valence-electron chi connectivity index (χ0n) is 13.8. The van der Waals surface area contributed by atoms with Gasteiger partial charge in [-0.1, -0.05) is 41.5 Å². The summed E-state index contributed by atoms with van der Waals surface area (Å²) in [6.07, 6.45) is 1.68. The summed E-state index contributed by atoms with van der Waals surface area (Å²) in [5, 5.41) is 10.5. The molecule has 2 aromatic heterocycles. The number of anilines is 1. The largest absolute Gasteiger partial charge is 0.305 e. The summed E-state index contributed by atoms with van der Waals surface area (Å²) in [6, 6.07) is 13.2. The lowest BCUT2D eigenvalue weighted by atomic mass is 10.1. The maximum atomic E-state index is 12.6. The molecule has 2 N–H and O–H groups in total. The van der Waals surface area contributed by atoms with Gasteiger partial charge >= 0.3 is 0 Å². The number of benzene rings is 1. The van der Waals surface area contributed by atoms with E-state index in [1.165, 1.54) is 11.8 Å². The lowest BCUT2D eigenvalue weighted by Gasteiger charge is -2.07. The highest BCUT2D eigenvalue weighted by atomic mass is 79.9. The number of pyridine rings is 1. The number of hydrogen-bond acceptors (Lipinski definition) is 4. The smallest absolute Gasteiger partial charge is 0.259 e. The van der Waals surface area contributed by atoms with E-state index in [1.54, 1.807) is 18.3 Å². The summed E-state index contributed by atoms with van der Waals surface area (Å²) in [6.45, 7) is 4.13. The van der Waals surface area contributed by atoms with Gasteiger partial charge in [-0.2, -0.15) is 5.10 Å². The van der Waals surface area contributed by atoms with Crippen molar-refractivity contribution < 1.29 is 4.79 Å². The Bertz CT molecular complexity index is 877. The molecule has 7 heteroatoms. The van der Waals surface area contributed by atoms with Gasteiger partial charge in [0, 0.05) is 27.3 Å². The monoisotopic (exact) mass is 416 g/mol. The second kappa shape index (κ2) is 7.84. The molecule has 0 fully saturated rings. The van der Waals surface area contributed by atoms with E-state index in [0.717, 1.165) is 15.1 Å². The van der Waals surface area contributed by atoms with Crippen LogP contribution in [-0.2, 0) is 0 Å². The van der Waals surface area contributed by atoms with Crippen LogP contribution >= 0.6 is 27.7 Å². The lowest BCUT2D eigenvalue weighted by Crippen LogP contribution is -2.13. The Morgan fingerprint density at radius 2 is 2.00 bits per heavy atom. The van der Waals surface area contributed by atoms with Gasteiger partial charge in [0.15, 0.2) is 5.82 Å². The molecule has 0 aliphatic rings. The number of aromatic nitrogens is 3. The first-order chi connectivity index (χ1) is 12.0. The van der Waals surface area contributed by atoms with Gasteiger partial charge in [-0.3, -0.25) is 9.89 Å². The van der Waals surface area contributed by atoms with Crippen molar-refractivity contribution in [3.05, 3.63) is 64.4 Å². The number of carbonyl (C=O) groups is 1. The molecule has 0 saturated heterocycles. The van der Waals surface area contributed by atoms with Crippen molar-refractivity contribution in [2.75, 3.05) is 5.32 Å². The van der Waals surface area contributed by atoms with E-state index in [1.807, 2.05) is 30.3 Å². The van der Waals surface area contributed by atoms with Gasteiger partial charge in [-0.05, 0) is 42.3 Å². The van der Waals surface area contributed by atoms with Crippen LogP contribution in [0.5, 0.6) is 0 Å². The van der Waals surface area contributed by atoms with Crippen molar-refractivity contribution in [1.29, 1.82) is 0 Å². The molecule has 128 valence electrons. The number of aromatic amines is 1. The van der Waals surface area contributed by atoms with Crippen LogP contribution in [0.15, 0.2) is 63.1 Å². The Kier molecular flexibility index (Phi) is 5.55. The van der Waals surface area contributed by atoms with Crippen LogP contribution in [0.3, 0.4) is 0 Å². The van der Waals surface area contributed by atoms with Crippen molar-refractivity contribution >= 4 is 39.4 Å². The maximum Gasteiger partial charge on any atom is 0.259 e. The molecule has 0 radical (unpaired) electrons. The standard InChI is InChI=1S/C18H17BrN4OS/c1-11(2)15-10-16(23-22-15)21-17(24)14-4-3-9-20-18(14)25-13-7-5-12(19)6-8-13/h3-11H,1-2H3,(H2,21,22,23,24). The zero-order valence-corrected chi connectivity index (χ0v) is 16.2. The summed E-state index contributed by atoms with van der Waals surface area (Å²) in [5.74, 6) is 0.603. The van der Waals surface area contributed by atoms with Gasteiger partial charge in [-0.15, -0.1) is 0 Å². The number of carbonyl (C=O) groups excluding carboxylic acids is 1. The minimum atomic E-state index is -0.227. The Hall–Kier alpha value is -2.12. The Balaban J connectivity index is 1.79. The Morgan fingerprint density at radius 1 is 1.24 bits per heavy atom. The molecule has 1 amide bonds. The summed E-state index contributed by atoms with van der Waals surface area (Å²) < 4.78 is 1.01. The van der Waals surface area contributed by atoms with E-state index in [-0.39, 0.29) is 5.91 Å². The molecule has 0 atom stereocenters. The van der Waals surface area contributed by atoms with Crippen LogP contribution in [0.25, 0.3) is 0 Å². The molecule has 3 rings (SSSR count). The Morgan fingerprint density at radius 3 is 2.68 bits per heavy atom. The zero-order chi connectivity index (χ0) is 17.8. The molecular formula is C18H17BrN4OS. The quantitative estimate of drug-likeness (QED) is 0.607. The molecule has 0 saturated carbocycles. The number of nitrogens with one attached hydrogen (secondary N) is 2. The van der Waals surface area contributed by atoms with Crippen molar-refractivity contribution in [1.82, 2.24) is 15.2 Å². The minimum absolute atomic E-state index is 0.227. The highest BCUT2D eigenvalue weighted by Crippen LogP contribution is 2.30. The van der Waals surface area contributed by atoms with Gasteiger partial charge in [0.1, 0.15) is 5.03 Å². The first kappa shape index (κ1) is 17.7. The predicted octanol–water partition coefficient (Wildman–Crippen LogP) is 5.09. The first-order valence-corrected chi connectivity index (χ1v) is 9.39. The molecule has 1 aromatic carbocycles. The average Bonchev–Trinajstić information content (AvgIpc) is 3.06. The highest BCUT2D eigenvalue weighted by Gasteiger charge is 2.15. The third kappa shape index (κ3) is 4.49. The molecule has 0 aliphatic heterocycles. The fourth-order valence-electron chi connectivity index (χ4n) is 2.14. The third-order valence-electron chi connectivity index (χ3n) is 3.51. The topological polar surface area (TPSA) is 70.7 Å². The number of H-pyrrole nitrogens is 1. The normalized spacial score (nSPS) is 10.9. The van der Waals surface area contributed by atoms with E-state index >= 15 is 0 Å². The molecule has 0 spiro atoms. The van der Waals surface area contributed by atoms with Gasteiger partial charge in [0.25, 0.3) is 5.91 Å². The number of nitrogens with zero attached hydrogens (tertiary/aromatic N) is 2. The van der Waals surface area contributed by atoms with Crippen molar-refractivity contribution in [2.45, 2.75) is 29.7 Å². The van der Waals surface area contributed by atoms with Gasteiger partial charge in [-0.25, -0.2) is 4.98 Å². The fourth-order valence-corrected chi connectivity index (χ4v) is 3.28. The maximum absolute atomic E-state index is 12.6. The van der Waals surface area contributed by atoms with Gasteiger partial charge in [0.2, 0.25) is 0 Å². The van der Waals surface area contributed by atoms with Crippen LogP contribution in [0.2, 0.25) is 0 Å². The van der Waals surface area contributed by atoms with Crippen LogP contribution < -0.4 is 5.32 Å². The van der Waals surface area contributed by atoms with E-state index in [9.17, 15) is 4.79 Å². The van der Waals surface area contributed by atoms with E-state index in [2.05, 4.69) is 50.3 Å². The SMILES string of the molecule is CC(C)c1cc(NC(=O)c2cccnc2Sc2ccc(Br)cc2)n[nH]1. The first-order valence-electron chi connectivity index (χ1n) is 7.78. The number of rotatable bonds is 5. The molecular weight excluding hydrogens is 400 g/mol. The number of halogens is 1.